The third kappa shape index (κ3) is 2.38. The fourth-order valence-electron chi connectivity index (χ4n) is 0.766. The molecule has 0 radical (unpaired) electrons. The van der Waals surface area contributed by atoms with Crippen molar-refractivity contribution >= 4 is 0 Å². The monoisotopic (exact) mass is 168 g/mol. The maximum Gasteiger partial charge on any atom is 0.235 e. The van der Waals surface area contributed by atoms with Gasteiger partial charge < -0.3 is 9.47 Å². The first kappa shape index (κ1) is 8.77. The Morgan fingerprint density at radius 1 is 1.08 bits per heavy atom. The molecule has 1 heterocycles. The van der Waals surface area contributed by atoms with Crippen molar-refractivity contribution in [3.05, 3.63) is 12.4 Å². The number of rotatable bonds is 4. The van der Waals surface area contributed by atoms with Crippen molar-refractivity contribution in [1.29, 1.82) is 0 Å². The Morgan fingerprint density at radius 2 is 1.58 bits per heavy atom. The third-order valence-electron chi connectivity index (χ3n) is 1.17. The van der Waals surface area contributed by atoms with Gasteiger partial charge in [-0.3, -0.25) is 4.98 Å². The fourth-order valence-corrected chi connectivity index (χ4v) is 0.766. The highest BCUT2D eigenvalue weighted by Crippen LogP contribution is 2.10. The van der Waals surface area contributed by atoms with E-state index in [1.54, 1.807) is 12.4 Å². The minimum absolute atomic E-state index is 0.503. The molecular weight excluding hydrogens is 156 g/mol. The summed E-state index contributed by atoms with van der Waals surface area (Å²) in [5, 5.41) is 0. The summed E-state index contributed by atoms with van der Waals surface area (Å²) >= 11 is 0. The Balaban J connectivity index is 2.67. The van der Waals surface area contributed by atoms with Crippen LogP contribution < -0.4 is 9.47 Å². The van der Waals surface area contributed by atoms with Crippen LogP contribution in [0.15, 0.2) is 12.4 Å². The van der Waals surface area contributed by atoms with Crippen molar-refractivity contribution in [2.24, 2.45) is 0 Å². The lowest BCUT2D eigenvalue weighted by Crippen LogP contribution is -1.99. The van der Waals surface area contributed by atoms with Gasteiger partial charge in [-0.05, 0) is 13.8 Å². The number of hydrogen-bond donors (Lipinski definition) is 0. The van der Waals surface area contributed by atoms with E-state index in [1.807, 2.05) is 13.8 Å². The number of nitrogens with zero attached hydrogens (tertiary/aromatic N) is 2. The standard InChI is InChI=1S/C8H12N2O2/c1-3-11-7-5-9-6-8(10-7)12-4-2/h5-6H,3-4H2,1-2H3. The first-order valence-electron chi connectivity index (χ1n) is 3.94. The van der Waals surface area contributed by atoms with Crippen LogP contribution in [-0.4, -0.2) is 23.2 Å². The van der Waals surface area contributed by atoms with Crippen molar-refractivity contribution in [1.82, 2.24) is 9.97 Å². The van der Waals surface area contributed by atoms with Gasteiger partial charge in [0.1, 0.15) is 0 Å². The molecule has 0 aliphatic heterocycles. The highest BCUT2D eigenvalue weighted by Gasteiger charge is 1.97. The summed E-state index contributed by atoms with van der Waals surface area (Å²) < 4.78 is 10.3. The second-order valence-corrected chi connectivity index (χ2v) is 2.06. The lowest BCUT2D eigenvalue weighted by Gasteiger charge is -2.03. The summed E-state index contributed by atoms with van der Waals surface area (Å²) in [6.45, 7) is 4.97. The molecule has 4 heteroatoms. The van der Waals surface area contributed by atoms with Crippen molar-refractivity contribution < 1.29 is 9.47 Å². The molecule has 0 atom stereocenters. The maximum atomic E-state index is 5.14. The van der Waals surface area contributed by atoms with Crippen molar-refractivity contribution in [3.8, 4) is 11.8 Å². The predicted molar refractivity (Wildman–Crippen MR) is 44.4 cm³/mol. The Morgan fingerprint density at radius 3 is 2.00 bits per heavy atom. The smallest absolute Gasteiger partial charge is 0.235 e. The van der Waals surface area contributed by atoms with Gasteiger partial charge in [-0.1, -0.05) is 0 Å². The molecule has 0 aliphatic carbocycles. The van der Waals surface area contributed by atoms with E-state index in [0.29, 0.717) is 25.0 Å². The number of hydrogen-bond acceptors (Lipinski definition) is 4. The number of aromatic nitrogens is 2. The second kappa shape index (κ2) is 4.54. The zero-order valence-electron chi connectivity index (χ0n) is 7.28. The molecule has 1 aromatic rings. The molecule has 0 bridgehead atoms. The van der Waals surface area contributed by atoms with Crippen molar-refractivity contribution in [2.45, 2.75) is 13.8 Å². The first-order valence-corrected chi connectivity index (χ1v) is 3.94. The van der Waals surface area contributed by atoms with Crippen LogP contribution in [0.4, 0.5) is 0 Å². The molecule has 0 fully saturated rings. The Kier molecular flexibility index (Phi) is 3.32. The minimum atomic E-state index is 0.503. The van der Waals surface area contributed by atoms with Crippen molar-refractivity contribution in [3.63, 3.8) is 0 Å². The largest absolute Gasteiger partial charge is 0.477 e. The average Bonchev–Trinajstić information content (AvgIpc) is 2.06. The van der Waals surface area contributed by atoms with E-state index in [4.69, 9.17) is 9.47 Å². The molecule has 1 aromatic heterocycles. The van der Waals surface area contributed by atoms with E-state index in [0.717, 1.165) is 0 Å². The van der Waals surface area contributed by atoms with Gasteiger partial charge in [0.2, 0.25) is 11.8 Å². The molecule has 0 aliphatic rings. The van der Waals surface area contributed by atoms with Crippen LogP contribution in [0.5, 0.6) is 11.8 Å². The van der Waals surface area contributed by atoms with Crippen LogP contribution in [0.3, 0.4) is 0 Å². The Labute approximate surface area is 71.6 Å². The van der Waals surface area contributed by atoms with Crippen LogP contribution in [0.1, 0.15) is 13.8 Å². The molecule has 0 saturated heterocycles. The summed E-state index contributed by atoms with van der Waals surface area (Å²) in [4.78, 5) is 7.95. The summed E-state index contributed by atoms with van der Waals surface area (Å²) in [6, 6.07) is 0. The SMILES string of the molecule is CCOc1cncc(OCC)n1. The Bertz CT molecular complexity index is 219. The molecule has 0 spiro atoms. The lowest BCUT2D eigenvalue weighted by atomic mass is 10.7. The predicted octanol–water partition coefficient (Wildman–Crippen LogP) is 1.27. The third-order valence-corrected chi connectivity index (χ3v) is 1.17. The van der Waals surface area contributed by atoms with Gasteiger partial charge in [0.05, 0.1) is 25.6 Å². The van der Waals surface area contributed by atoms with E-state index >= 15 is 0 Å². The van der Waals surface area contributed by atoms with Crippen LogP contribution >= 0.6 is 0 Å². The highest BCUT2D eigenvalue weighted by atomic mass is 16.5. The quantitative estimate of drug-likeness (QED) is 0.679. The van der Waals surface area contributed by atoms with E-state index in [1.165, 1.54) is 0 Å². The van der Waals surface area contributed by atoms with Gasteiger partial charge in [0.15, 0.2) is 0 Å². The van der Waals surface area contributed by atoms with E-state index in [9.17, 15) is 0 Å². The minimum Gasteiger partial charge on any atom is -0.477 e. The molecule has 66 valence electrons. The zero-order valence-corrected chi connectivity index (χ0v) is 7.28. The zero-order chi connectivity index (χ0) is 8.81. The summed E-state index contributed by atoms with van der Waals surface area (Å²) in [7, 11) is 0. The normalized spacial score (nSPS) is 9.50. The van der Waals surface area contributed by atoms with Crippen LogP contribution in [0.25, 0.3) is 0 Å². The summed E-state index contributed by atoms with van der Waals surface area (Å²) in [5.74, 6) is 1.01. The summed E-state index contributed by atoms with van der Waals surface area (Å²) in [5.41, 5.74) is 0. The van der Waals surface area contributed by atoms with Gasteiger partial charge in [0.25, 0.3) is 0 Å². The molecule has 0 saturated carbocycles. The van der Waals surface area contributed by atoms with Gasteiger partial charge in [-0.25, -0.2) is 0 Å². The fraction of sp³-hybridized carbons (Fsp3) is 0.500. The molecule has 4 nitrogen and oxygen atoms in total. The van der Waals surface area contributed by atoms with Gasteiger partial charge in [0, 0.05) is 0 Å². The molecule has 0 unspecified atom stereocenters. The average molecular weight is 168 g/mol. The van der Waals surface area contributed by atoms with Crippen LogP contribution in [-0.2, 0) is 0 Å². The second-order valence-electron chi connectivity index (χ2n) is 2.06. The van der Waals surface area contributed by atoms with Gasteiger partial charge in [-0.2, -0.15) is 4.98 Å². The van der Waals surface area contributed by atoms with Gasteiger partial charge in [-0.15, -0.1) is 0 Å². The van der Waals surface area contributed by atoms with Crippen LogP contribution in [0, 0.1) is 0 Å². The molecule has 0 N–H and O–H groups in total. The number of ether oxygens (including phenoxy) is 2. The highest BCUT2D eigenvalue weighted by molar-refractivity contribution is 5.12. The maximum absolute atomic E-state index is 5.14. The molecular formula is C8H12N2O2. The molecule has 0 amide bonds. The van der Waals surface area contributed by atoms with E-state index in [2.05, 4.69) is 9.97 Å². The summed E-state index contributed by atoms with van der Waals surface area (Å²) in [6.07, 6.45) is 3.12. The first-order chi connectivity index (χ1) is 5.86. The van der Waals surface area contributed by atoms with E-state index in [-0.39, 0.29) is 0 Å². The lowest BCUT2D eigenvalue weighted by molar-refractivity contribution is 0.296. The molecule has 12 heavy (non-hydrogen) atoms. The molecule has 0 aromatic carbocycles. The van der Waals surface area contributed by atoms with E-state index < -0.39 is 0 Å². The van der Waals surface area contributed by atoms with Crippen molar-refractivity contribution in [2.75, 3.05) is 13.2 Å². The van der Waals surface area contributed by atoms with Gasteiger partial charge >= 0.3 is 0 Å². The molecule has 1 rings (SSSR count). The Hall–Kier alpha value is -1.32. The topological polar surface area (TPSA) is 44.2 Å². The van der Waals surface area contributed by atoms with Crippen LogP contribution in [0.2, 0.25) is 0 Å².